The van der Waals surface area contributed by atoms with Crippen molar-refractivity contribution in [1.29, 1.82) is 5.26 Å². The predicted octanol–water partition coefficient (Wildman–Crippen LogP) is 6.45. The van der Waals surface area contributed by atoms with Crippen molar-refractivity contribution < 1.29 is 14.3 Å². The minimum atomic E-state index is -1.19. The molecule has 0 aliphatic heterocycles. The maximum absolute atomic E-state index is 13.6. The Morgan fingerprint density at radius 1 is 1.19 bits per heavy atom. The summed E-state index contributed by atoms with van der Waals surface area (Å²) in [6.07, 6.45) is 4.98. The number of carboxylic acid groups (broad SMARTS) is 1. The number of nitriles is 1. The molecule has 0 saturated heterocycles. The summed E-state index contributed by atoms with van der Waals surface area (Å²) in [6, 6.07) is 9.09. The zero-order chi connectivity index (χ0) is 25.8. The van der Waals surface area contributed by atoms with E-state index >= 15 is 0 Å². The van der Waals surface area contributed by atoms with Crippen LogP contribution in [0.5, 0.6) is 0 Å². The van der Waals surface area contributed by atoms with E-state index < -0.39 is 5.97 Å². The van der Waals surface area contributed by atoms with Gasteiger partial charge in [0.1, 0.15) is 16.5 Å². The molecule has 0 unspecified atom stereocenters. The van der Waals surface area contributed by atoms with E-state index in [9.17, 15) is 20.0 Å². The fourth-order valence-electron chi connectivity index (χ4n) is 6.11. The summed E-state index contributed by atoms with van der Waals surface area (Å²) < 4.78 is 6.66. The van der Waals surface area contributed by atoms with E-state index in [1.165, 1.54) is 6.07 Å². The number of benzene rings is 1. The lowest BCUT2D eigenvalue weighted by molar-refractivity contribution is 0.0691. The van der Waals surface area contributed by atoms with Crippen molar-refractivity contribution in [2.75, 3.05) is 5.32 Å². The topological polar surface area (TPSA) is 116 Å². The molecule has 0 radical (unpaired) electrons. The Labute approximate surface area is 214 Å². The molecule has 3 fully saturated rings. The third-order valence-corrected chi connectivity index (χ3v) is 8.47. The quantitative estimate of drug-likeness (QED) is 0.383. The number of anilines is 1. The highest BCUT2D eigenvalue weighted by Gasteiger charge is 2.51. The number of aromatic carboxylic acids is 1. The highest BCUT2D eigenvalue weighted by Crippen LogP contribution is 2.58. The second-order valence-corrected chi connectivity index (χ2v) is 10.9. The van der Waals surface area contributed by atoms with Crippen LogP contribution in [0.1, 0.15) is 84.4 Å². The second-order valence-electron chi connectivity index (χ2n) is 10.5. The number of nitrogens with zero attached hydrogens (tertiary/aromatic N) is 2. The number of carbonyl (C=O) groups is 1. The highest BCUT2D eigenvalue weighted by molar-refractivity contribution is 6.29. The third-order valence-electron chi connectivity index (χ3n) is 8.26. The number of pyridine rings is 1. The van der Waals surface area contributed by atoms with E-state index in [1.807, 2.05) is 32.9 Å². The van der Waals surface area contributed by atoms with Crippen LogP contribution < -0.4 is 10.7 Å². The van der Waals surface area contributed by atoms with Gasteiger partial charge in [0.05, 0.1) is 28.6 Å². The molecule has 2 aromatic heterocycles. The molecule has 3 aromatic rings. The Balaban J connectivity index is 1.62. The summed E-state index contributed by atoms with van der Waals surface area (Å²) in [4.78, 5) is 29.3. The number of carboxylic acids is 1. The maximum Gasteiger partial charge on any atom is 0.356 e. The molecule has 1 aromatic carbocycles. The van der Waals surface area contributed by atoms with Gasteiger partial charge < -0.3 is 14.8 Å². The number of hydrogen-bond donors (Lipinski definition) is 2. The Morgan fingerprint density at radius 3 is 2.47 bits per heavy atom. The van der Waals surface area contributed by atoms with Gasteiger partial charge in [-0.15, -0.1) is 0 Å². The van der Waals surface area contributed by atoms with Crippen LogP contribution in [0.25, 0.3) is 11.0 Å². The average Bonchev–Trinajstić information content (AvgIpc) is 2.88. The molecule has 0 spiro atoms. The first kappa shape index (κ1) is 24.3. The molecule has 6 rings (SSSR count). The van der Waals surface area contributed by atoms with Crippen molar-refractivity contribution in [2.24, 2.45) is 5.41 Å². The Morgan fingerprint density at radius 2 is 1.86 bits per heavy atom. The van der Waals surface area contributed by atoms with E-state index in [-0.39, 0.29) is 33.1 Å². The van der Waals surface area contributed by atoms with Crippen LogP contribution in [-0.4, -0.2) is 16.1 Å². The van der Waals surface area contributed by atoms with Gasteiger partial charge in [-0.05, 0) is 83.1 Å². The maximum atomic E-state index is 13.6. The minimum absolute atomic E-state index is 0.0418. The number of hydrogen-bond acceptors (Lipinski definition) is 6. The van der Waals surface area contributed by atoms with Crippen molar-refractivity contribution in [1.82, 2.24) is 4.98 Å². The van der Waals surface area contributed by atoms with E-state index in [2.05, 4.69) is 16.4 Å². The number of aryl methyl sites for hydroxylation is 1. The lowest BCUT2D eigenvalue weighted by Crippen LogP contribution is -2.44. The molecule has 2 bridgehead atoms. The molecule has 2 heterocycles. The normalized spacial score (nSPS) is 23.9. The summed E-state index contributed by atoms with van der Waals surface area (Å²) in [5, 5.41) is 23.1. The monoisotopic (exact) mass is 505 g/mol. The summed E-state index contributed by atoms with van der Waals surface area (Å²) in [5.41, 5.74) is 2.48. The lowest BCUT2D eigenvalue weighted by Gasteiger charge is -2.50. The standard InChI is InChI=1S/C28H28ClN3O4/c1-15-12-18(17(3)31-20-4-5-21(29)32-22(20)26(34)35)24-19(13-15)23(33)16(2)25(36-24)28-9-6-27(14-30,7-10-28)8-11-28/h4-5,12-13,17,31H,6-11H2,1-3H3,(H,34,35)/t17-,27?,28?/m1/s1. The first-order valence-corrected chi connectivity index (χ1v) is 12.6. The Kier molecular flexibility index (Phi) is 5.83. The second kappa shape index (κ2) is 8.63. The fourth-order valence-corrected chi connectivity index (χ4v) is 6.26. The largest absolute Gasteiger partial charge is 0.476 e. The molecule has 36 heavy (non-hydrogen) atoms. The van der Waals surface area contributed by atoms with Gasteiger partial charge in [0.15, 0.2) is 11.1 Å². The van der Waals surface area contributed by atoms with Crippen LogP contribution in [0.4, 0.5) is 5.69 Å². The molecule has 3 aliphatic carbocycles. The predicted molar refractivity (Wildman–Crippen MR) is 138 cm³/mol. The lowest BCUT2D eigenvalue weighted by atomic mass is 9.53. The molecule has 1 atom stereocenters. The number of halogens is 1. The molecular weight excluding hydrogens is 478 g/mol. The van der Waals surface area contributed by atoms with Crippen LogP contribution in [0, 0.1) is 30.6 Å². The third kappa shape index (κ3) is 3.84. The van der Waals surface area contributed by atoms with Crippen LogP contribution in [-0.2, 0) is 5.41 Å². The van der Waals surface area contributed by atoms with Gasteiger partial charge in [0.2, 0.25) is 0 Å². The van der Waals surface area contributed by atoms with E-state index in [0.29, 0.717) is 22.2 Å². The Hall–Kier alpha value is -3.37. The van der Waals surface area contributed by atoms with Crippen LogP contribution in [0.2, 0.25) is 5.15 Å². The van der Waals surface area contributed by atoms with Gasteiger partial charge >= 0.3 is 5.97 Å². The van der Waals surface area contributed by atoms with Crippen molar-refractivity contribution in [3.05, 3.63) is 67.8 Å². The highest BCUT2D eigenvalue weighted by atomic mass is 35.5. The molecule has 0 amide bonds. The number of rotatable bonds is 5. The van der Waals surface area contributed by atoms with Gasteiger partial charge in [0, 0.05) is 16.5 Å². The summed E-state index contributed by atoms with van der Waals surface area (Å²) in [6.45, 7) is 5.67. The smallest absolute Gasteiger partial charge is 0.356 e. The Bertz CT molecular complexity index is 1480. The van der Waals surface area contributed by atoms with Gasteiger partial charge in [-0.25, -0.2) is 9.78 Å². The van der Waals surface area contributed by atoms with Crippen LogP contribution in [0.15, 0.2) is 33.5 Å². The summed E-state index contributed by atoms with van der Waals surface area (Å²) in [7, 11) is 0. The zero-order valence-corrected chi connectivity index (χ0v) is 21.3. The zero-order valence-electron chi connectivity index (χ0n) is 20.6. The first-order valence-electron chi connectivity index (χ1n) is 12.2. The van der Waals surface area contributed by atoms with Crippen molar-refractivity contribution in [3.63, 3.8) is 0 Å². The van der Waals surface area contributed by atoms with E-state index in [0.717, 1.165) is 55.4 Å². The number of fused-ring (bicyclic) bond motifs is 4. The molecule has 186 valence electrons. The van der Waals surface area contributed by atoms with Crippen molar-refractivity contribution >= 4 is 34.2 Å². The SMILES string of the molecule is Cc1cc([C@@H](C)Nc2ccc(Cl)nc2C(=O)O)c2oc(C34CCC(C#N)(CC3)CC4)c(C)c(=O)c2c1. The number of aromatic nitrogens is 1. The fraction of sp³-hybridized carbons (Fsp3) is 0.429. The van der Waals surface area contributed by atoms with E-state index in [1.54, 1.807) is 6.07 Å². The molecule has 3 saturated carbocycles. The van der Waals surface area contributed by atoms with Gasteiger partial charge in [-0.1, -0.05) is 17.7 Å². The van der Waals surface area contributed by atoms with Crippen LogP contribution >= 0.6 is 11.6 Å². The van der Waals surface area contributed by atoms with Crippen LogP contribution in [0.3, 0.4) is 0 Å². The minimum Gasteiger partial charge on any atom is -0.476 e. The van der Waals surface area contributed by atoms with Gasteiger partial charge in [0.25, 0.3) is 0 Å². The number of nitrogens with one attached hydrogen (secondary N) is 1. The molecule has 8 heteroatoms. The summed E-state index contributed by atoms with van der Waals surface area (Å²) >= 11 is 5.92. The molecule has 7 nitrogen and oxygen atoms in total. The van der Waals surface area contributed by atoms with Gasteiger partial charge in [-0.3, -0.25) is 4.79 Å². The summed E-state index contributed by atoms with van der Waals surface area (Å²) in [5.74, 6) is -0.448. The van der Waals surface area contributed by atoms with Gasteiger partial charge in [-0.2, -0.15) is 5.26 Å². The van der Waals surface area contributed by atoms with Crippen molar-refractivity contribution in [3.8, 4) is 6.07 Å². The first-order chi connectivity index (χ1) is 17.1. The van der Waals surface area contributed by atoms with E-state index in [4.69, 9.17) is 16.0 Å². The van der Waals surface area contributed by atoms with Crippen molar-refractivity contribution in [2.45, 2.75) is 70.8 Å². The molecule has 3 aliphatic rings. The average molecular weight is 506 g/mol. The molecule has 2 N–H and O–H groups in total. The molecular formula is C28H28ClN3O4.